The van der Waals surface area contributed by atoms with E-state index in [2.05, 4.69) is 31.2 Å². The molecule has 2 heterocycles. The average Bonchev–Trinajstić information content (AvgIpc) is 3.05. The standard InChI is InChI=1S/C34H44O4/c1-22-18-37-34(38-19-22)26-12-10-23(11-13-26)27-20-35-30-16-14-24-6-2-4-8-28(24)32(30)33-29-9-5-3-7-25(29)15-17-31(33)36-21-27/h14-17,22-23,26-27,34H,2-13,18-21H2,1H3. The van der Waals surface area contributed by atoms with Gasteiger partial charge in [-0.05, 0) is 117 Å². The Kier molecular flexibility index (Phi) is 7.13. The first kappa shape index (κ1) is 25.0. The van der Waals surface area contributed by atoms with Crippen molar-refractivity contribution in [3.63, 3.8) is 0 Å². The highest BCUT2D eigenvalue weighted by Gasteiger charge is 2.36. The Bertz CT molecular complexity index is 1070. The lowest BCUT2D eigenvalue weighted by Crippen LogP contribution is -2.39. The Morgan fingerprint density at radius 1 is 0.553 bits per heavy atom. The van der Waals surface area contributed by atoms with Crippen molar-refractivity contribution >= 4 is 0 Å². The molecule has 1 saturated heterocycles. The van der Waals surface area contributed by atoms with Crippen molar-refractivity contribution in [2.75, 3.05) is 26.4 Å². The quantitative estimate of drug-likeness (QED) is 0.419. The predicted octanol–water partition coefficient (Wildman–Crippen LogP) is 7.31. The Morgan fingerprint density at radius 2 is 1.05 bits per heavy atom. The molecule has 38 heavy (non-hydrogen) atoms. The summed E-state index contributed by atoms with van der Waals surface area (Å²) in [6.45, 7) is 5.35. The van der Waals surface area contributed by atoms with Crippen molar-refractivity contribution in [3.8, 4) is 22.6 Å². The van der Waals surface area contributed by atoms with E-state index in [-0.39, 0.29) is 6.29 Å². The molecule has 0 N–H and O–H groups in total. The van der Waals surface area contributed by atoms with E-state index in [0.717, 1.165) is 50.8 Å². The van der Waals surface area contributed by atoms with Crippen LogP contribution in [0.25, 0.3) is 11.1 Å². The van der Waals surface area contributed by atoms with Gasteiger partial charge in [-0.25, -0.2) is 0 Å². The second-order valence-corrected chi connectivity index (χ2v) is 12.8. The van der Waals surface area contributed by atoms with Crippen molar-refractivity contribution in [3.05, 3.63) is 46.5 Å². The van der Waals surface area contributed by atoms with Gasteiger partial charge in [-0.1, -0.05) is 19.1 Å². The van der Waals surface area contributed by atoms with E-state index in [4.69, 9.17) is 18.9 Å². The highest BCUT2D eigenvalue weighted by Crippen LogP contribution is 2.48. The summed E-state index contributed by atoms with van der Waals surface area (Å²) in [5, 5.41) is 0. The molecule has 2 fully saturated rings. The van der Waals surface area contributed by atoms with Crippen molar-refractivity contribution in [1.29, 1.82) is 0 Å². The molecule has 2 aromatic carbocycles. The van der Waals surface area contributed by atoms with E-state index in [1.54, 1.807) is 0 Å². The molecule has 0 aromatic heterocycles. The summed E-state index contributed by atoms with van der Waals surface area (Å²) in [5.74, 6) is 4.24. The predicted molar refractivity (Wildman–Crippen MR) is 150 cm³/mol. The highest BCUT2D eigenvalue weighted by atomic mass is 16.7. The maximum absolute atomic E-state index is 6.81. The molecule has 5 aliphatic rings. The van der Waals surface area contributed by atoms with Crippen molar-refractivity contribution < 1.29 is 18.9 Å². The fraction of sp³-hybridized carbons (Fsp3) is 0.647. The molecule has 0 radical (unpaired) electrons. The minimum atomic E-state index is -0.00343. The monoisotopic (exact) mass is 516 g/mol. The fourth-order valence-corrected chi connectivity index (χ4v) is 7.89. The van der Waals surface area contributed by atoms with Gasteiger partial charge in [0.1, 0.15) is 11.5 Å². The minimum Gasteiger partial charge on any atom is -0.492 e. The number of aryl methyl sites for hydroxylation is 2. The first-order valence-corrected chi connectivity index (χ1v) is 15.5. The summed E-state index contributed by atoms with van der Waals surface area (Å²) in [5.41, 5.74) is 8.82. The number of hydrogen-bond donors (Lipinski definition) is 0. The lowest BCUT2D eigenvalue weighted by atomic mass is 9.76. The van der Waals surface area contributed by atoms with Crippen LogP contribution in [0.1, 0.15) is 80.5 Å². The molecule has 0 bridgehead atoms. The third-order valence-electron chi connectivity index (χ3n) is 10.1. The molecule has 3 aliphatic carbocycles. The van der Waals surface area contributed by atoms with E-state index in [0.29, 0.717) is 23.7 Å². The zero-order valence-corrected chi connectivity index (χ0v) is 23.1. The van der Waals surface area contributed by atoms with E-state index < -0.39 is 0 Å². The van der Waals surface area contributed by atoms with Gasteiger partial charge in [-0.2, -0.15) is 0 Å². The van der Waals surface area contributed by atoms with Crippen LogP contribution in [-0.4, -0.2) is 32.7 Å². The number of rotatable bonds is 2. The van der Waals surface area contributed by atoms with Crippen LogP contribution in [0.15, 0.2) is 24.3 Å². The van der Waals surface area contributed by atoms with Gasteiger partial charge in [-0.3, -0.25) is 0 Å². The lowest BCUT2D eigenvalue weighted by molar-refractivity contribution is -0.227. The number of fused-ring (bicyclic) bond motifs is 7. The van der Waals surface area contributed by atoms with Gasteiger partial charge >= 0.3 is 0 Å². The molecule has 0 spiro atoms. The summed E-state index contributed by atoms with van der Waals surface area (Å²) in [7, 11) is 0. The second kappa shape index (κ2) is 10.8. The molecular formula is C34H44O4. The molecule has 1 saturated carbocycles. The largest absolute Gasteiger partial charge is 0.492 e. The Balaban J connectivity index is 1.17. The van der Waals surface area contributed by atoms with Crippen LogP contribution in [0.5, 0.6) is 11.5 Å². The van der Waals surface area contributed by atoms with Crippen LogP contribution >= 0.6 is 0 Å². The zero-order valence-electron chi connectivity index (χ0n) is 23.1. The van der Waals surface area contributed by atoms with E-state index in [1.807, 2.05) is 0 Å². The highest BCUT2D eigenvalue weighted by molar-refractivity contribution is 5.83. The summed E-state index contributed by atoms with van der Waals surface area (Å²) in [4.78, 5) is 0. The molecule has 7 rings (SSSR count). The van der Waals surface area contributed by atoms with Gasteiger partial charge in [0.05, 0.1) is 26.4 Å². The van der Waals surface area contributed by atoms with Gasteiger partial charge in [0, 0.05) is 28.9 Å². The van der Waals surface area contributed by atoms with Crippen molar-refractivity contribution in [1.82, 2.24) is 0 Å². The number of ether oxygens (including phenoxy) is 4. The molecule has 0 amide bonds. The van der Waals surface area contributed by atoms with Crippen molar-refractivity contribution in [2.45, 2.75) is 90.3 Å². The van der Waals surface area contributed by atoms with Gasteiger partial charge in [-0.15, -0.1) is 0 Å². The maximum Gasteiger partial charge on any atom is 0.160 e. The fourth-order valence-electron chi connectivity index (χ4n) is 7.89. The third kappa shape index (κ3) is 4.77. The van der Waals surface area contributed by atoms with Crippen LogP contribution in [0.2, 0.25) is 0 Å². The summed E-state index contributed by atoms with van der Waals surface area (Å²) in [6, 6.07) is 9.27. The number of hydrogen-bond acceptors (Lipinski definition) is 4. The normalized spacial score (nSPS) is 29.7. The zero-order chi connectivity index (χ0) is 25.5. The third-order valence-corrected chi connectivity index (χ3v) is 10.1. The Labute approximate surface area is 228 Å². The topological polar surface area (TPSA) is 36.9 Å². The minimum absolute atomic E-state index is 0.00343. The lowest BCUT2D eigenvalue weighted by Gasteiger charge is -2.38. The molecule has 204 valence electrons. The van der Waals surface area contributed by atoms with E-state index in [9.17, 15) is 0 Å². The SMILES string of the molecule is CC1COC(C2CCC(C3COc4ccc5c(c4-c4c(ccc6c4CCCC6)OC3)CCCC5)CC2)OC1. The Morgan fingerprint density at radius 3 is 1.61 bits per heavy atom. The van der Waals surface area contributed by atoms with E-state index in [1.165, 1.54) is 97.6 Å². The molecular weight excluding hydrogens is 472 g/mol. The maximum atomic E-state index is 6.81. The van der Waals surface area contributed by atoms with Crippen LogP contribution < -0.4 is 9.47 Å². The van der Waals surface area contributed by atoms with Crippen LogP contribution in [0.4, 0.5) is 0 Å². The first-order valence-electron chi connectivity index (χ1n) is 15.5. The molecule has 0 atom stereocenters. The van der Waals surface area contributed by atoms with Crippen molar-refractivity contribution in [2.24, 2.45) is 23.7 Å². The van der Waals surface area contributed by atoms with Crippen LogP contribution in [0, 0.1) is 23.7 Å². The molecule has 0 unspecified atom stereocenters. The molecule has 4 nitrogen and oxygen atoms in total. The summed E-state index contributed by atoms with van der Waals surface area (Å²) in [6.07, 6.45) is 14.6. The van der Waals surface area contributed by atoms with Gasteiger partial charge in [0.15, 0.2) is 6.29 Å². The smallest absolute Gasteiger partial charge is 0.160 e. The Hall–Kier alpha value is -2.04. The molecule has 2 aromatic rings. The van der Waals surface area contributed by atoms with Gasteiger partial charge < -0.3 is 18.9 Å². The summed E-state index contributed by atoms with van der Waals surface area (Å²) >= 11 is 0. The summed E-state index contributed by atoms with van der Waals surface area (Å²) < 4.78 is 25.7. The van der Waals surface area contributed by atoms with Gasteiger partial charge in [0.25, 0.3) is 0 Å². The van der Waals surface area contributed by atoms with Crippen LogP contribution in [-0.2, 0) is 35.2 Å². The molecule has 4 heteroatoms. The molecule has 2 aliphatic heterocycles. The second-order valence-electron chi connectivity index (χ2n) is 12.8. The average molecular weight is 517 g/mol. The van der Waals surface area contributed by atoms with Crippen LogP contribution in [0.3, 0.4) is 0 Å². The first-order chi connectivity index (χ1) is 18.7. The number of benzene rings is 2. The van der Waals surface area contributed by atoms with E-state index >= 15 is 0 Å². The van der Waals surface area contributed by atoms with Gasteiger partial charge in [0.2, 0.25) is 0 Å².